The predicted molar refractivity (Wildman–Crippen MR) is 145 cm³/mol. The second-order valence-electron chi connectivity index (χ2n) is 9.03. The highest BCUT2D eigenvalue weighted by Crippen LogP contribution is 2.30. The third kappa shape index (κ3) is 5.51. The lowest BCUT2D eigenvalue weighted by Crippen LogP contribution is -2.19. The van der Waals surface area contributed by atoms with Crippen LogP contribution in [0.15, 0.2) is 48.0 Å². The molecule has 182 valence electrons. The van der Waals surface area contributed by atoms with Gasteiger partial charge in [0, 0.05) is 19.8 Å². The van der Waals surface area contributed by atoms with Crippen LogP contribution >= 0.6 is 23.7 Å². The number of benzene rings is 1. The molecule has 0 radical (unpaired) electrons. The molecule has 7 heteroatoms. The second kappa shape index (κ2) is 11.4. The highest BCUT2D eigenvalue weighted by atomic mass is 35.5. The maximum Gasteiger partial charge on any atom is 0.156 e. The minimum Gasteiger partial charge on any atom is -0.490 e. The zero-order valence-electron chi connectivity index (χ0n) is 20.1. The molecule has 5 rings (SSSR count). The number of aromatic nitrogens is 3. The lowest BCUT2D eigenvalue weighted by molar-refractivity contribution is 0.187. The molecule has 0 amide bonds. The number of hydrogen-bond acceptors (Lipinski definition) is 4. The molecule has 1 aliphatic rings. The molecule has 0 aliphatic carbocycles. The summed E-state index contributed by atoms with van der Waals surface area (Å²) in [4.78, 5) is 4.96. The molecule has 0 bridgehead atoms. The van der Waals surface area contributed by atoms with Crippen LogP contribution in [-0.2, 0) is 26.4 Å². The average Bonchev–Trinajstić information content (AvgIpc) is 3.47. The summed E-state index contributed by atoms with van der Waals surface area (Å²) < 4.78 is 12.2. The molecule has 1 aliphatic heterocycles. The average molecular weight is 499 g/mol. The summed E-state index contributed by atoms with van der Waals surface area (Å²) in [6, 6.07) is 13.2. The Hall–Kier alpha value is -2.28. The van der Waals surface area contributed by atoms with Gasteiger partial charge in [-0.05, 0) is 86.8 Å². The molecule has 4 aromatic rings. The normalized spacial score (nSPS) is 16.4. The third-order valence-corrected chi connectivity index (χ3v) is 7.55. The first kappa shape index (κ1) is 24.8. The van der Waals surface area contributed by atoms with Gasteiger partial charge >= 0.3 is 0 Å². The van der Waals surface area contributed by atoms with Crippen LogP contribution in [-0.4, -0.2) is 33.3 Å². The van der Waals surface area contributed by atoms with E-state index in [2.05, 4.69) is 76.4 Å². The molecule has 0 saturated carbocycles. The Balaban J connectivity index is 0.00000274. The molecule has 3 aromatic heterocycles. The Labute approximate surface area is 212 Å². The first-order valence-corrected chi connectivity index (χ1v) is 13.1. The molecule has 1 saturated heterocycles. The zero-order chi connectivity index (χ0) is 22.6. The minimum atomic E-state index is 0. The number of fused-ring (bicyclic) bond motifs is 1. The first-order valence-electron chi connectivity index (χ1n) is 12.3. The molecule has 1 unspecified atom stereocenters. The van der Waals surface area contributed by atoms with Crippen LogP contribution < -0.4 is 10.1 Å². The van der Waals surface area contributed by atoms with E-state index in [1.807, 2.05) is 0 Å². The van der Waals surface area contributed by atoms with Crippen molar-refractivity contribution in [1.29, 1.82) is 0 Å². The molecule has 4 heterocycles. The van der Waals surface area contributed by atoms with Crippen molar-refractivity contribution in [3.05, 3.63) is 59.2 Å². The van der Waals surface area contributed by atoms with Crippen LogP contribution in [0.2, 0.25) is 0 Å². The molecular weight excluding hydrogens is 464 g/mol. The zero-order valence-corrected chi connectivity index (χ0v) is 21.8. The van der Waals surface area contributed by atoms with Crippen molar-refractivity contribution in [1.82, 2.24) is 19.4 Å². The van der Waals surface area contributed by atoms with Crippen LogP contribution in [0.5, 0.6) is 5.75 Å². The standard InChI is InChI=1S/C27H34N4OS.ClH/c1-3-21-19-31(27(29-21)25-18-26-24(30(25)2)13-17-33-26)16-5-6-20-8-10-23(11-9-20)32-22-7-4-14-28-15-12-22;/h8-11,13,17-19,22,28H,3-7,12,14-16H2,1-2H3;1H. The summed E-state index contributed by atoms with van der Waals surface area (Å²) in [6.45, 7) is 5.31. The van der Waals surface area contributed by atoms with E-state index >= 15 is 0 Å². The predicted octanol–water partition coefficient (Wildman–Crippen LogP) is 6.24. The Morgan fingerprint density at radius 1 is 1.15 bits per heavy atom. The fourth-order valence-corrected chi connectivity index (χ4v) is 5.61. The van der Waals surface area contributed by atoms with Gasteiger partial charge in [-0.15, -0.1) is 23.7 Å². The van der Waals surface area contributed by atoms with Crippen LogP contribution in [0.3, 0.4) is 0 Å². The second-order valence-corrected chi connectivity index (χ2v) is 9.98. The van der Waals surface area contributed by atoms with E-state index in [9.17, 15) is 0 Å². The largest absolute Gasteiger partial charge is 0.490 e. The van der Waals surface area contributed by atoms with Gasteiger partial charge in [-0.2, -0.15) is 0 Å². The first-order chi connectivity index (χ1) is 16.2. The van der Waals surface area contributed by atoms with Crippen molar-refractivity contribution in [3.63, 3.8) is 0 Å². The van der Waals surface area contributed by atoms with E-state index in [4.69, 9.17) is 9.72 Å². The van der Waals surface area contributed by atoms with Gasteiger partial charge in [-0.3, -0.25) is 0 Å². The molecule has 1 atom stereocenters. The number of nitrogens with zero attached hydrogens (tertiary/aromatic N) is 3. The smallest absolute Gasteiger partial charge is 0.156 e. The number of aryl methyl sites for hydroxylation is 4. The van der Waals surface area contributed by atoms with Gasteiger partial charge in [0.2, 0.25) is 0 Å². The quantitative estimate of drug-likeness (QED) is 0.312. The molecule has 34 heavy (non-hydrogen) atoms. The third-order valence-electron chi connectivity index (χ3n) is 6.69. The highest BCUT2D eigenvalue weighted by molar-refractivity contribution is 7.17. The number of nitrogens with one attached hydrogen (secondary N) is 1. The maximum atomic E-state index is 6.22. The SMILES string of the molecule is CCc1cn(CCCc2ccc(OC3CCCNCC3)cc2)c(-c2cc3sccc3n2C)n1.Cl. The molecule has 1 fully saturated rings. The van der Waals surface area contributed by atoms with E-state index in [1.54, 1.807) is 11.3 Å². The van der Waals surface area contributed by atoms with Gasteiger partial charge in [0.25, 0.3) is 0 Å². The number of ether oxygens (including phenoxy) is 1. The Morgan fingerprint density at radius 2 is 2.00 bits per heavy atom. The summed E-state index contributed by atoms with van der Waals surface area (Å²) in [5, 5.41) is 5.60. The minimum absolute atomic E-state index is 0. The van der Waals surface area contributed by atoms with Crippen molar-refractivity contribution in [2.75, 3.05) is 13.1 Å². The lowest BCUT2D eigenvalue weighted by atomic mass is 10.1. The Bertz CT molecular complexity index is 1190. The Morgan fingerprint density at radius 3 is 2.79 bits per heavy atom. The van der Waals surface area contributed by atoms with Crippen molar-refractivity contribution in [2.45, 2.75) is 58.1 Å². The Kier molecular flexibility index (Phi) is 8.35. The van der Waals surface area contributed by atoms with Gasteiger partial charge in [-0.1, -0.05) is 19.1 Å². The van der Waals surface area contributed by atoms with Crippen molar-refractivity contribution < 1.29 is 4.74 Å². The summed E-state index contributed by atoms with van der Waals surface area (Å²) in [5.41, 5.74) is 5.00. The number of rotatable bonds is 8. The number of thiophene rings is 1. The van der Waals surface area contributed by atoms with Crippen LogP contribution in [0.1, 0.15) is 43.9 Å². The van der Waals surface area contributed by atoms with Gasteiger partial charge in [0.1, 0.15) is 5.75 Å². The van der Waals surface area contributed by atoms with E-state index in [1.165, 1.54) is 27.9 Å². The molecule has 5 nitrogen and oxygen atoms in total. The topological polar surface area (TPSA) is 44.0 Å². The van der Waals surface area contributed by atoms with Gasteiger partial charge < -0.3 is 19.2 Å². The number of imidazole rings is 1. The van der Waals surface area contributed by atoms with Crippen LogP contribution in [0.4, 0.5) is 0 Å². The van der Waals surface area contributed by atoms with Crippen molar-refractivity contribution >= 4 is 34.0 Å². The van der Waals surface area contributed by atoms with Crippen molar-refractivity contribution in [2.24, 2.45) is 7.05 Å². The summed E-state index contributed by atoms with van der Waals surface area (Å²) in [5.74, 6) is 2.08. The summed E-state index contributed by atoms with van der Waals surface area (Å²) in [6.07, 6.45) is 9.08. The molecule has 0 spiro atoms. The number of halogens is 1. The number of hydrogen-bond donors (Lipinski definition) is 1. The van der Waals surface area contributed by atoms with Gasteiger partial charge in [0.15, 0.2) is 5.82 Å². The molecule has 1 aromatic carbocycles. The van der Waals surface area contributed by atoms with Crippen LogP contribution in [0, 0.1) is 0 Å². The van der Waals surface area contributed by atoms with E-state index < -0.39 is 0 Å². The van der Waals surface area contributed by atoms with E-state index in [0.717, 1.165) is 69.0 Å². The van der Waals surface area contributed by atoms with E-state index in [-0.39, 0.29) is 12.4 Å². The van der Waals surface area contributed by atoms with Crippen LogP contribution in [0.25, 0.3) is 21.7 Å². The fourth-order valence-electron chi connectivity index (χ4n) is 4.77. The van der Waals surface area contributed by atoms with Crippen molar-refractivity contribution in [3.8, 4) is 17.3 Å². The fraction of sp³-hybridized carbons (Fsp3) is 0.444. The van der Waals surface area contributed by atoms with E-state index in [0.29, 0.717) is 6.10 Å². The van der Waals surface area contributed by atoms with Gasteiger partial charge in [0.05, 0.1) is 27.7 Å². The summed E-state index contributed by atoms with van der Waals surface area (Å²) >= 11 is 1.79. The monoisotopic (exact) mass is 498 g/mol. The highest BCUT2D eigenvalue weighted by Gasteiger charge is 2.16. The summed E-state index contributed by atoms with van der Waals surface area (Å²) in [7, 11) is 2.14. The maximum absolute atomic E-state index is 6.22. The lowest BCUT2D eigenvalue weighted by Gasteiger charge is -2.17. The molecule has 1 N–H and O–H groups in total. The van der Waals surface area contributed by atoms with Gasteiger partial charge in [-0.25, -0.2) is 4.98 Å². The molecular formula is C27H35ClN4OS.